The summed E-state index contributed by atoms with van der Waals surface area (Å²) in [5, 5.41) is 3.15. The molecule has 0 aromatic heterocycles. The molecule has 6 heteroatoms. The minimum Gasteiger partial charge on any atom is -0.486 e. The van der Waals surface area contributed by atoms with E-state index >= 15 is 0 Å². The van der Waals surface area contributed by atoms with Crippen LogP contribution < -0.4 is 19.7 Å². The lowest BCUT2D eigenvalue weighted by atomic mass is 9.88. The van der Waals surface area contributed by atoms with Gasteiger partial charge >= 0.3 is 6.03 Å². The van der Waals surface area contributed by atoms with Crippen molar-refractivity contribution in [1.29, 1.82) is 0 Å². The first-order valence-corrected chi connectivity index (χ1v) is 12.5. The maximum Gasteiger partial charge on any atom is 0.321 e. The van der Waals surface area contributed by atoms with E-state index in [1.807, 2.05) is 61.5 Å². The molecule has 2 saturated heterocycles. The average molecular weight is 450 g/mol. The van der Waals surface area contributed by atoms with Crippen LogP contribution in [0.15, 0.2) is 54.6 Å². The number of nitrogens with one attached hydrogen (secondary N) is 1. The number of nitrogens with zero attached hydrogens (tertiary/aromatic N) is 2. The van der Waals surface area contributed by atoms with Crippen molar-refractivity contribution in [3.63, 3.8) is 0 Å². The fourth-order valence-corrected chi connectivity index (χ4v) is 5.84. The number of anilines is 1. The van der Waals surface area contributed by atoms with Gasteiger partial charge < -0.3 is 14.8 Å². The first kappa shape index (κ1) is 22.1. The first-order valence-electron chi connectivity index (χ1n) is 12.5. The summed E-state index contributed by atoms with van der Waals surface area (Å²) in [6, 6.07) is 19.1. The Morgan fingerprint density at radius 1 is 1.03 bits per heavy atom. The maximum atomic E-state index is 12.7. The zero-order chi connectivity index (χ0) is 22.6. The highest BCUT2D eigenvalue weighted by molar-refractivity contribution is 5.91. The molecule has 0 saturated carbocycles. The molecular formula is C27H35N3O3. The van der Waals surface area contributed by atoms with Crippen molar-refractivity contribution in [3.8, 4) is 11.5 Å². The Bertz CT molecular complexity index is 923. The summed E-state index contributed by atoms with van der Waals surface area (Å²) in [6.07, 6.45) is 6.12. The number of piperidine rings is 1. The van der Waals surface area contributed by atoms with Crippen LogP contribution in [0.3, 0.4) is 0 Å². The summed E-state index contributed by atoms with van der Waals surface area (Å²) in [5.41, 5.74) is 0.945. The summed E-state index contributed by atoms with van der Waals surface area (Å²) in [7, 11) is 0. The van der Waals surface area contributed by atoms with E-state index < -0.39 is 0 Å². The van der Waals surface area contributed by atoms with Gasteiger partial charge in [-0.1, -0.05) is 30.3 Å². The van der Waals surface area contributed by atoms with E-state index in [1.165, 1.54) is 25.7 Å². The second kappa shape index (κ2) is 10.0. The third-order valence-corrected chi connectivity index (χ3v) is 7.42. The lowest BCUT2D eigenvalue weighted by Crippen LogP contribution is -2.50. The number of para-hydroxylation sites is 3. The summed E-state index contributed by atoms with van der Waals surface area (Å²) >= 11 is 0. The van der Waals surface area contributed by atoms with Crippen LogP contribution >= 0.6 is 0 Å². The Balaban J connectivity index is 1.09. The molecule has 0 aliphatic carbocycles. The normalized spacial score (nSPS) is 26.1. The van der Waals surface area contributed by atoms with Crippen LogP contribution in [0.5, 0.6) is 11.5 Å². The van der Waals surface area contributed by atoms with Crippen molar-refractivity contribution in [2.24, 2.45) is 5.92 Å². The van der Waals surface area contributed by atoms with Crippen LogP contribution in [-0.2, 0) is 0 Å². The van der Waals surface area contributed by atoms with Crippen molar-refractivity contribution < 1.29 is 14.3 Å². The van der Waals surface area contributed by atoms with E-state index in [4.69, 9.17) is 9.47 Å². The van der Waals surface area contributed by atoms with Gasteiger partial charge in [-0.15, -0.1) is 0 Å². The van der Waals surface area contributed by atoms with E-state index in [0.717, 1.165) is 36.7 Å². The van der Waals surface area contributed by atoms with E-state index in [1.54, 1.807) is 4.90 Å². The minimum absolute atomic E-state index is 0.00108. The van der Waals surface area contributed by atoms with Crippen molar-refractivity contribution >= 4 is 11.7 Å². The molecule has 6 nitrogen and oxygen atoms in total. The summed E-state index contributed by atoms with van der Waals surface area (Å²) in [4.78, 5) is 17.2. The van der Waals surface area contributed by atoms with Gasteiger partial charge in [-0.25, -0.2) is 4.79 Å². The largest absolute Gasteiger partial charge is 0.486 e. The summed E-state index contributed by atoms with van der Waals surface area (Å²) in [5.74, 6) is 2.39. The zero-order valence-corrected chi connectivity index (χ0v) is 19.5. The lowest BCUT2D eigenvalue weighted by Gasteiger charge is -2.41. The molecule has 176 valence electrons. The highest BCUT2D eigenvalue weighted by Crippen LogP contribution is 2.40. The highest BCUT2D eigenvalue weighted by Gasteiger charge is 2.42. The molecule has 2 aromatic rings. The lowest BCUT2D eigenvalue weighted by molar-refractivity contribution is 0.0199. The van der Waals surface area contributed by atoms with Crippen LogP contribution in [0.4, 0.5) is 10.5 Å². The molecule has 3 unspecified atom stereocenters. The van der Waals surface area contributed by atoms with Gasteiger partial charge in [-0.05, 0) is 69.2 Å². The molecule has 2 fully saturated rings. The number of ether oxygens (including phenoxy) is 2. The molecule has 2 aromatic carbocycles. The Labute approximate surface area is 196 Å². The fourth-order valence-electron chi connectivity index (χ4n) is 5.84. The van der Waals surface area contributed by atoms with Crippen molar-refractivity contribution in [2.45, 2.75) is 57.2 Å². The van der Waals surface area contributed by atoms with Crippen molar-refractivity contribution in [3.05, 3.63) is 54.6 Å². The van der Waals surface area contributed by atoms with E-state index in [9.17, 15) is 4.79 Å². The van der Waals surface area contributed by atoms with Crippen LogP contribution in [0, 0.1) is 5.92 Å². The van der Waals surface area contributed by atoms with Gasteiger partial charge in [-0.3, -0.25) is 9.80 Å². The quantitative estimate of drug-likeness (QED) is 0.666. The third-order valence-electron chi connectivity index (χ3n) is 7.42. The SMILES string of the molecule is CCN(C(=O)NCCC1CC2CCC(C1)N2CC1COc2ccccc2O1)c1ccccc1. The summed E-state index contributed by atoms with van der Waals surface area (Å²) in [6.45, 7) is 4.98. The molecular weight excluding hydrogens is 414 g/mol. The monoisotopic (exact) mass is 449 g/mol. The molecule has 1 N–H and O–H groups in total. The van der Waals surface area contributed by atoms with Crippen molar-refractivity contribution in [2.75, 3.05) is 31.1 Å². The topological polar surface area (TPSA) is 54.0 Å². The molecule has 0 radical (unpaired) electrons. The average Bonchev–Trinajstić information content (AvgIpc) is 3.07. The van der Waals surface area contributed by atoms with Gasteiger partial charge in [0.2, 0.25) is 0 Å². The predicted molar refractivity (Wildman–Crippen MR) is 130 cm³/mol. The second-order valence-corrected chi connectivity index (χ2v) is 9.52. The molecule has 3 aliphatic heterocycles. The molecule has 5 rings (SSSR count). The number of carbonyl (C=O) groups excluding carboxylic acids is 1. The second-order valence-electron chi connectivity index (χ2n) is 9.52. The molecule has 0 spiro atoms. The van der Waals surface area contributed by atoms with Crippen LogP contribution in [0.1, 0.15) is 39.0 Å². The molecule has 3 aliphatic rings. The maximum absolute atomic E-state index is 12.7. The number of hydrogen-bond acceptors (Lipinski definition) is 4. The number of carbonyl (C=O) groups is 1. The molecule has 2 bridgehead atoms. The van der Waals surface area contributed by atoms with E-state index in [2.05, 4.69) is 10.2 Å². The smallest absolute Gasteiger partial charge is 0.321 e. The molecule has 2 amide bonds. The Hall–Kier alpha value is -2.73. The van der Waals surface area contributed by atoms with Gasteiger partial charge in [0.25, 0.3) is 0 Å². The van der Waals surface area contributed by atoms with Gasteiger partial charge in [0.05, 0.1) is 0 Å². The van der Waals surface area contributed by atoms with Gasteiger partial charge in [-0.2, -0.15) is 0 Å². The van der Waals surface area contributed by atoms with Crippen molar-refractivity contribution in [1.82, 2.24) is 10.2 Å². The third kappa shape index (κ3) is 4.96. The van der Waals surface area contributed by atoms with Crippen LogP contribution in [0.2, 0.25) is 0 Å². The standard InChI is InChI=1S/C27H35N3O3/c1-2-29(21-8-4-3-5-9-21)27(31)28-15-14-20-16-22-12-13-23(17-20)30(22)18-24-19-32-25-10-6-7-11-26(25)33-24/h3-11,20,22-24H,2,12-19H2,1H3,(H,28,31). The molecule has 3 heterocycles. The van der Waals surface area contributed by atoms with Crippen LogP contribution in [0.25, 0.3) is 0 Å². The Morgan fingerprint density at radius 2 is 1.73 bits per heavy atom. The predicted octanol–water partition coefficient (Wildman–Crippen LogP) is 4.70. The zero-order valence-electron chi connectivity index (χ0n) is 19.5. The fraction of sp³-hybridized carbons (Fsp3) is 0.519. The minimum atomic E-state index is -0.00108. The number of urea groups is 1. The Morgan fingerprint density at radius 3 is 2.45 bits per heavy atom. The van der Waals surface area contributed by atoms with Crippen LogP contribution in [-0.4, -0.2) is 55.4 Å². The molecule has 33 heavy (non-hydrogen) atoms. The Kier molecular flexibility index (Phi) is 6.72. The molecule has 3 atom stereocenters. The number of benzene rings is 2. The van der Waals surface area contributed by atoms with Gasteiger partial charge in [0, 0.05) is 37.4 Å². The highest BCUT2D eigenvalue weighted by atomic mass is 16.6. The first-order chi connectivity index (χ1) is 16.2. The number of amides is 2. The number of fused-ring (bicyclic) bond motifs is 3. The van der Waals surface area contributed by atoms with Gasteiger partial charge in [0.15, 0.2) is 11.5 Å². The van der Waals surface area contributed by atoms with E-state index in [-0.39, 0.29) is 12.1 Å². The summed E-state index contributed by atoms with van der Waals surface area (Å²) < 4.78 is 12.2. The number of rotatable bonds is 7. The van der Waals surface area contributed by atoms with E-state index in [0.29, 0.717) is 31.2 Å². The number of hydrogen-bond donors (Lipinski definition) is 1. The van der Waals surface area contributed by atoms with Gasteiger partial charge in [0.1, 0.15) is 12.7 Å².